The third-order valence-corrected chi connectivity index (χ3v) is 8.35. The van der Waals surface area contributed by atoms with E-state index in [1.807, 2.05) is 26.0 Å². The van der Waals surface area contributed by atoms with Crippen LogP contribution in [-0.2, 0) is 4.74 Å². The number of ketones is 1. The standard InChI is InChI=1S/C34H36ClNO3/c1-21-17-27-13-16-31(34(38)36-20-22(2)39-30-5-4-6-30)23(3)32(27)19-26(21)9-7-24-8-10-28(18-24)33(37)25-11-14-29(35)15-12-25/h9-17,19,22,24,30H,1,4-8,18,20H2,2-3H3,(H,36,38)/b26-9+. The Bertz CT molecular complexity index is 1540. The summed E-state index contributed by atoms with van der Waals surface area (Å²) in [5, 5.41) is 7.85. The van der Waals surface area contributed by atoms with E-state index in [1.54, 1.807) is 24.3 Å². The number of allylic oxidation sites excluding steroid dienone is 2. The maximum atomic E-state index is 13.0. The van der Waals surface area contributed by atoms with E-state index in [4.69, 9.17) is 16.3 Å². The summed E-state index contributed by atoms with van der Waals surface area (Å²) in [6, 6.07) is 15.2. The molecular formula is C34H36ClNO3. The van der Waals surface area contributed by atoms with Crippen molar-refractivity contribution in [3.63, 3.8) is 0 Å². The fraction of sp³-hybridized carbons (Fsp3) is 0.353. The molecule has 0 aromatic heterocycles. The lowest BCUT2D eigenvalue weighted by Gasteiger charge is -2.29. The molecule has 0 heterocycles. The molecule has 4 nitrogen and oxygen atoms in total. The normalized spacial score (nSPS) is 18.6. The SMILES string of the molecule is C=c1cc2ccc(C(=O)NCC(C)OC3CCC3)c(C)c2c/c1=C\CC1CC=C(C(=O)c2ccc(Cl)cc2)C1. The molecule has 0 saturated heterocycles. The van der Waals surface area contributed by atoms with Crippen LogP contribution >= 0.6 is 11.6 Å². The molecule has 0 spiro atoms. The van der Waals surface area contributed by atoms with E-state index >= 15 is 0 Å². The van der Waals surface area contributed by atoms with Gasteiger partial charge in [0.25, 0.3) is 5.91 Å². The topological polar surface area (TPSA) is 55.4 Å². The van der Waals surface area contributed by atoms with E-state index in [2.05, 4.69) is 36.2 Å². The number of carbonyl (C=O) groups excluding carboxylic acids is 2. The van der Waals surface area contributed by atoms with Crippen LogP contribution in [0.1, 0.15) is 71.7 Å². The zero-order chi connectivity index (χ0) is 27.5. The molecule has 0 bridgehead atoms. The van der Waals surface area contributed by atoms with Crippen LogP contribution in [0.25, 0.3) is 23.4 Å². The van der Waals surface area contributed by atoms with Crippen LogP contribution in [0.2, 0.25) is 5.02 Å². The van der Waals surface area contributed by atoms with Crippen LogP contribution in [0.15, 0.2) is 60.2 Å². The second kappa shape index (κ2) is 11.9. The second-order valence-electron chi connectivity index (χ2n) is 11.0. The Morgan fingerprint density at radius 3 is 2.64 bits per heavy atom. The summed E-state index contributed by atoms with van der Waals surface area (Å²) in [5.41, 5.74) is 3.21. The molecule has 5 rings (SSSR count). The van der Waals surface area contributed by atoms with Crippen molar-refractivity contribution in [1.29, 1.82) is 0 Å². The molecule has 1 amide bonds. The highest BCUT2D eigenvalue weighted by Crippen LogP contribution is 2.30. The largest absolute Gasteiger partial charge is 0.373 e. The zero-order valence-corrected chi connectivity index (χ0v) is 23.5. The van der Waals surface area contributed by atoms with E-state index in [0.717, 1.165) is 64.5 Å². The summed E-state index contributed by atoms with van der Waals surface area (Å²) in [6.07, 6.45) is 10.6. The van der Waals surface area contributed by atoms with E-state index in [0.29, 0.717) is 34.7 Å². The van der Waals surface area contributed by atoms with Crippen LogP contribution < -0.4 is 15.8 Å². The van der Waals surface area contributed by atoms with Gasteiger partial charge in [0.2, 0.25) is 0 Å². The van der Waals surface area contributed by atoms with Crippen molar-refractivity contribution in [3.05, 3.63) is 92.3 Å². The maximum Gasteiger partial charge on any atom is 0.251 e. The van der Waals surface area contributed by atoms with Crippen LogP contribution in [0.4, 0.5) is 0 Å². The molecule has 1 fully saturated rings. The number of halogens is 1. The predicted octanol–water partition coefficient (Wildman–Crippen LogP) is 6.29. The lowest BCUT2D eigenvalue weighted by molar-refractivity contribution is -0.0412. The molecule has 0 aliphatic heterocycles. The first-order chi connectivity index (χ1) is 18.8. The van der Waals surface area contributed by atoms with E-state index in [-0.39, 0.29) is 17.8 Å². The molecule has 0 radical (unpaired) electrons. The number of hydrogen-bond acceptors (Lipinski definition) is 3. The second-order valence-corrected chi connectivity index (χ2v) is 11.5. The van der Waals surface area contributed by atoms with Gasteiger partial charge in [0.05, 0.1) is 12.2 Å². The maximum absolute atomic E-state index is 13.0. The predicted molar refractivity (Wildman–Crippen MR) is 160 cm³/mol. The average molecular weight is 542 g/mol. The molecule has 2 aliphatic rings. The number of rotatable bonds is 9. The summed E-state index contributed by atoms with van der Waals surface area (Å²) < 4.78 is 5.96. The number of hydrogen-bond donors (Lipinski definition) is 1. The van der Waals surface area contributed by atoms with Crippen molar-refractivity contribution in [2.24, 2.45) is 5.92 Å². The number of ether oxygens (including phenoxy) is 1. The summed E-state index contributed by atoms with van der Waals surface area (Å²) in [4.78, 5) is 25.9. The third-order valence-electron chi connectivity index (χ3n) is 8.10. The van der Waals surface area contributed by atoms with Crippen molar-refractivity contribution in [2.75, 3.05) is 6.54 Å². The Hall–Kier alpha value is -3.21. The van der Waals surface area contributed by atoms with Gasteiger partial charge in [0.15, 0.2) is 5.78 Å². The fourth-order valence-corrected chi connectivity index (χ4v) is 5.60. The molecule has 202 valence electrons. The molecule has 2 aliphatic carbocycles. The Labute approximate surface area is 235 Å². The van der Waals surface area contributed by atoms with Crippen molar-refractivity contribution < 1.29 is 14.3 Å². The Morgan fingerprint density at radius 1 is 1.15 bits per heavy atom. The van der Waals surface area contributed by atoms with Gasteiger partial charge in [0, 0.05) is 22.7 Å². The van der Waals surface area contributed by atoms with E-state index in [9.17, 15) is 9.59 Å². The Kier molecular flexibility index (Phi) is 8.34. The molecule has 3 aromatic carbocycles. The number of nitrogens with one attached hydrogen (secondary N) is 1. The lowest BCUT2D eigenvalue weighted by Crippen LogP contribution is -2.36. The van der Waals surface area contributed by atoms with Crippen LogP contribution in [0.5, 0.6) is 0 Å². The van der Waals surface area contributed by atoms with Crippen molar-refractivity contribution in [1.82, 2.24) is 5.32 Å². The molecule has 2 unspecified atom stereocenters. The van der Waals surface area contributed by atoms with Crippen LogP contribution in [0.3, 0.4) is 0 Å². The van der Waals surface area contributed by atoms with Crippen LogP contribution in [0, 0.1) is 12.8 Å². The minimum Gasteiger partial charge on any atom is -0.373 e. The zero-order valence-electron chi connectivity index (χ0n) is 22.8. The highest BCUT2D eigenvalue weighted by Gasteiger charge is 2.23. The van der Waals surface area contributed by atoms with Gasteiger partial charge in [0.1, 0.15) is 0 Å². The monoisotopic (exact) mass is 541 g/mol. The lowest BCUT2D eigenvalue weighted by atomic mass is 9.95. The van der Waals surface area contributed by atoms with Gasteiger partial charge < -0.3 is 10.1 Å². The summed E-state index contributed by atoms with van der Waals surface area (Å²) >= 11 is 5.97. The Morgan fingerprint density at radius 2 is 1.92 bits per heavy atom. The quantitative estimate of drug-likeness (QED) is 0.324. The first kappa shape index (κ1) is 27.4. The first-order valence-corrected chi connectivity index (χ1v) is 14.3. The summed E-state index contributed by atoms with van der Waals surface area (Å²) in [7, 11) is 0. The van der Waals surface area contributed by atoms with Crippen LogP contribution in [-0.4, -0.2) is 30.4 Å². The average Bonchev–Trinajstić information content (AvgIpc) is 3.38. The highest BCUT2D eigenvalue weighted by atomic mass is 35.5. The first-order valence-electron chi connectivity index (χ1n) is 13.9. The number of carbonyl (C=O) groups is 2. The van der Waals surface area contributed by atoms with Gasteiger partial charge >= 0.3 is 0 Å². The molecule has 39 heavy (non-hydrogen) atoms. The fourth-order valence-electron chi connectivity index (χ4n) is 5.47. The van der Waals surface area contributed by atoms with Crippen molar-refractivity contribution in [3.8, 4) is 0 Å². The van der Waals surface area contributed by atoms with Gasteiger partial charge in [-0.2, -0.15) is 0 Å². The van der Waals surface area contributed by atoms with E-state index < -0.39 is 0 Å². The van der Waals surface area contributed by atoms with Crippen molar-refractivity contribution in [2.45, 2.75) is 64.6 Å². The minimum atomic E-state index is -0.0717. The molecule has 5 heteroatoms. The minimum absolute atomic E-state index is 0.00187. The molecule has 2 atom stereocenters. The number of Topliss-reactive ketones (excluding diaryl/α,β-unsaturated/α-hetero) is 1. The Balaban J connectivity index is 1.26. The van der Waals surface area contributed by atoms with E-state index in [1.165, 1.54) is 6.42 Å². The molecule has 1 N–H and O–H groups in total. The van der Waals surface area contributed by atoms with Gasteiger partial charge in [-0.25, -0.2) is 0 Å². The highest BCUT2D eigenvalue weighted by molar-refractivity contribution is 6.30. The molecular weight excluding hydrogens is 506 g/mol. The number of amides is 1. The van der Waals surface area contributed by atoms with Gasteiger partial charge in [-0.05, 0) is 133 Å². The third kappa shape index (κ3) is 6.34. The van der Waals surface area contributed by atoms with Crippen molar-refractivity contribution >= 4 is 46.7 Å². The number of benzene rings is 3. The number of fused-ring (bicyclic) bond motifs is 1. The molecule has 1 saturated carbocycles. The summed E-state index contributed by atoms with van der Waals surface area (Å²) in [6.45, 7) is 8.80. The van der Waals surface area contributed by atoms with Gasteiger partial charge in [-0.1, -0.05) is 36.4 Å². The smallest absolute Gasteiger partial charge is 0.251 e. The molecule has 3 aromatic rings. The van der Waals surface area contributed by atoms with Gasteiger partial charge in [-0.3, -0.25) is 9.59 Å². The number of aryl methyl sites for hydroxylation is 1. The summed E-state index contributed by atoms with van der Waals surface area (Å²) in [5.74, 6) is 0.398. The van der Waals surface area contributed by atoms with Gasteiger partial charge in [-0.15, -0.1) is 0 Å².